The van der Waals surface area contributed by atoms with Crippen LogP contribution in [0.1, 0.15) is 22.5 Å². The molecule has 2 N–H and O–H groups in total. The quantitative estimate of drug-likeness (QED) is 0.657. The molecule has 0 amide bonds. The number of H-pyrrole nitrogens is 1. The third-order valence-electron chi connectivity index (χ3n) is 4.11. The lowest BCUT2D eigenvalue weighted by molar-refractivity contribution is 1.23. The molecule has 0 bridgehead atoms. The number of rotatable bonds is 5. The Kier molecular flexibility index (Phi) is 4.80. The molecule has 3 rings (SSSR count). The molecule has 0 spiro atoms. The van der Waals surface area contributed by atoms with Gasteiger partial charge in [-0.05, 0) is 54.8 Å². The number of allylic oxidation sites excluding steroid dienone is 2. The van der Waals surface area contributed by atoms with Crippen LogP contribution in [-0.2, 0) is 0 Å². The Balaban J connectivity index is 1.85. The summed E-state index contributed by atoms with van der Waals surface area (Å²) < 4.78 is 0. The van der Waals surface area contributed by atoms with Crippen molar-refractivity contribution in [3.05, 3.63) is 77.8 Å². The second-order valence-corrected chi connectivity index (χ2v) is 5.95. The largest absolute Gasteiger partial charge is 0.359 e. The number of pyridine rings is 1. The Bertz CT molecular complexity index is 920. The van der Waals surface area contributed by atoms with E-state index in [9.17, 15) is 0 Å². The monoisotopic (exact) mass is 330 g/mol. The summed E-state index contributed by atoms with van der Waals surface area (Å²) in [6.45, 7) is 8.32. The van der Waals surface area contributed by atoms with Crippen molar-refractivity contribution in [3.63, 3.8) is 0 Å². The van der Waals surface area contributed by atoms with E-state index in [0.717, 1.165) is 39.7 Å². The number of aromatic nitrogens is 3. The molecule has 0 saturated heterocycles. The molecule has 25 heavy (non-hydrogen) atoms. The van der Waals surface area contributed by atoms with E-state index in [1.54, 1.807) is 6.20 Å². The van der Waals surface area contributed by atoms with E-state index >= 15 is 0 Å². The van der Waals surface area contributed by atoms with Crippen LogP contribution in [0, 0.1) is 13.8 Å². The van der Waals surface area contributed by atoms with Gasteiger partial charge in [0, 0.05) is 24.5 Å². The minimum absolute atomic E-state index is 0.775. The molecule has 4 heteroatoms. The molecule has 0 fully saturated rings. The van der Waals surface area contributed by atoms with Gasteiger partial charge < -0.3 is 10.3 Å². The highest BCUT2D eigenvalue weighted by atomic mass is 15.1. The average molecular weight is 330 g/mol. The first-order valence-electron chi connectivity index (χ1n) is 8.22. The van der Waals surface area contributed by atoms with E-state index in [1.807, 2.05) is 44.3 Å². The van der Waals surface area contributed by atoms with E-state index in [-0.39, 0.29) is 0 Å². The molecule has 0 unspecified atom stereocenters. The van der Waals surface area contributed by atoms with Crippen molar-refractivity contribution in [2.45, 2.75) is 13.8 Å². The van der Waals surface area contributed by atoms with Crippen molar-refractivity contribution in [2.75, 3.05) is 12.4 Å². The molecule has 126 valence electrons. The van der Waals surface area contributed by atoms with Gasteiger partial charge in [0.1, 0.15) is 0 Å². The average Bonchev–Trinajstić information content (AvgIpc) is 3.01. The van der Waals surface area contributed by atoms with E-state index in [2.05, 4.69) is 52.0 Å². The number of anilines is 1. The Morgan fingerprint density at radius 2 is 2.04 bits per heavy atom. The van der Waals surface area contributed by atoms with Gasteiger partial charge in [0.25, 0.3) is 0 Å². The van der Waals surface area contributed by atoms with Crippen LogP contribution in [-0.4, -0.2) is 22.0 Å². The maximum atomic E-state index is 4.58. The van der Waals surface area contributed by atoms with Gasteiger partial charge in [0.05, 0.1) is 11.4 Å². The summed E-state index contributed by atoms with van der Waals surface area (Å²) >= 11 is 0. The summed E-state index contributed by atoms with van der Waals surface area (Å²) in [7, 11) is 1.86. The van der Waals surface area contributed by atoms with E-state index in [1.165, 1.54) is 5.56 Å². The van der Waals surface area contributed by atoms with Crippen LogP contribution >= 0.6 is 0 Å². The van der Waals surface area contributed by atoms with Crippen LogP contribution < -0.4 is 5.32 Å². The zero-order chi connectivity index (χ0) is 17.8. The van der Waals surface area contributed by atoms with Gasteiger partial charge in [-0.2, -0.15) is 0 Å². The highest BCUT2D eigenvalue weighted by Crippen LogP contribution is 2.27. The van der Waals surface area contributed by atoms with E-state index in [0.29, 0.717) is 0 Å². The van der Waals surface area contributed by atoms with Gasteiger partial charge in [-0.1, -0.05) is 30.9 Å². The van der Waals surface area contributed by atoms with Gasteiger partial charge in [-0.15, -0.1) is 0 Å². The Morgan fingerprint density at radius 1 is 1.20 bits per heavy atom. The number of nitrogens with one attached hydrogen (secondary N) is 2. The normalized spacial score (nSPS) is 11.0. The fourth-order valence-corrected chi connectivity index (χ4v) is 2.78. The summed E-state index contributed by atoms with van der Waals surface area (Å²) in [5, 5.41) is 3.04. The molecule has 3 aromatic rings. The number of nitrogens with zero attached hydrogens (tertiary/aromatic N) is 2. The van der Waals surface area contributed by atoms with Gasteiger partial charge in [0.15, 0.2) is 0 Å². The summed E-state index contributed by atoms with van der Waals surface area (Å²) in [6, 6.07) is 12.2. The molecule has 0 aliphatic carbocycles. The van der Waals surface area contributed by atoms with Crippen LogP contribution in [0.25, 0.3) is 22.9 Å². The first-order chi connectivity index (χ1) is 12.1. The predicted molar refractivity (Wildman–Crippen MR) is 105 cm³/mol. The number of benzene rings is 1. The van der Waals surface area contributed by atoms with E-state index in [4.69, 9.17) is 0 Å². The summed E-state index contributed by atoms with van der Waals surface area (Å²) in [4.78, 5) is 12.1. The van der Waals surface area contributed by atoms with Crippen molar-refractivity contribution in [2.24, 2.45) is 0 Å². The van der Waals surface area contributed by atoms with E-state index < -0.39 is 0 Å². The molecule has 2 heterocycles. The molecule has 0 aliphatic rings. The zero-order valence-electron chi connectivity index (χ0n) is 14.8. The molecule has 0 saturated carbocycles. The summed E-state index contributed by atoms with van der Waals surface area (Å²) in [5.74, 6) is 0.775. The molecular formula is C21H22N4. The summed E-state index contributed by atoms with van der Waals surface area (Å²) in [5.41, 5.74) is 7.28. The number of aromatic amines is 1. The zero-order valence-corrected chi connectivity index (χ0v) is 14.8. The lowest BCUT2D eigenvalue weighted by atomic mass is 9.97. The Morgan fingerprint density at radius 3 is 2.68 bits per heavy atom. The lowest BCUT2D eigenvalue weighted by Gasteiger charge is -2.08. The first-order valence-corrected chi connectivity index (χ1v) is 8.22. The van der Waals surface area contributed by atoms with Crippen molar-refractivity contribution >= 4 is 17.6 Å². The number of hydrogen-bond acceptors (Lipinski definition) is 3. The third-order valence-corrected chi connectivity index (χ3v) is 4.11. The molecule has 2 aromatic heterocycles. The Labute approximate surface area is 148 Å². The summed E-state index contributed by atoms with van der Waals surface area (Å²) in [6.07, 6.45) is 5.77. The topological polar surface area (TPSA) is 53.6 Å². The van der Waals surface area contributed by atoms with Gasteiger partial charge in [0.2, 0.25) is 5.95 Å². The SMILES string of the molecule is C=C(/C=C/c1ccccn1)c1ccc(-c2nc(NC)[nH]c2C)cc1C. The minimum Gasteiger partial charge on any atom is -0.359 e. The smallest absolute Gasteiger partial charge is 0.200 e. The fraction of sp³-hybridized carbons (Fsp3) is 0.143. The highest BCUT2D eigenvalue weighted by Gasteiger charge is 2.10. The highest BCUT2D eigenvalue weighted by molar-refractivity contribution is 5.80. The molecular weight excluding hydrogens is 308 g/mol. The van der Waals surface area contributed by atoms with Gasteiger partial charge in [-0.25, -0.2) is 4.98 Å². The van der Waals surface area contributed by atoms with Crippen LogP contribution in [0.4, 0.5) is 5.95 Å². The van der Waals surface area contributed by atoms with Crippen molar-refractivity contribution in [1.82, 2.24) is 15.0 Å². The predicted octanol–water partition coefficient (Wildman–Crippen LogP) is 4.86. The van der Waals surface area contributed by atoms with Crippen LogP contribution in [0.3, 0.4) is 0 Å². The molecule has 1 aromatic carbocycles. The standard InChI is InChI=1S/C21H22N4/c1-14(8-10-18-7-5-6-12-23-18)19-11-9-17(13-15(19)2)20-16(3)24-21(22-4)25-20/h5-13H,1H2,2-4H3,(H2,22,24,25)/b10-8+. The second-order valence-electron chi connectivity index (χ2n) is 5.95. The minimum atomic E-state index is 0.775. The maximum Gasteiger partial charge on any atom is 0.200 e. The number of aryl methyl sites for hydroxylation is 2. The number of hydrogen-bond donors (Lipinski definition) is 2. The third kappa shape index (κ3) is 3.69. The first kappa shape index (κ1) is 16.7. The van der Waals surface area contributed by atoms with Crippen LogP contribution in [0.2, 0.25) is 0 Å². The van der Waals surface area contributed by atoms with Gasteiger partial charge >= 0.3 is 0 Å². The van der Waals surface area contributed by atoms with Crippen molar-refractivity contribution in [3.8, 4) is 11.3 Å². The van der Waals surface area contributed by atoms with Crippen LogP contribution in [0.15, 0.2) is 55.3 Å². The molecule has 0 aliphatic heterocycles. The lowest BCUT2D eigenvalue weighted by Crippen LogP contribution is -1.90. The molecule has 0 radical (unpaired) electrons. The Hall–Kier alpha value is -3.14. The molecule has 4 nitrogen and oxygen atoms in total. The van der Waals surface area contributed by atoms with Gasteiger partial charge in [-0.3, -0.25) is 4.98 Å². The molecule has 0 atom stereocenters. The fourth-order valence-electron chi connectivity index (χ4n) is 2.78. The van der Waals surface area contributed by atoms with Crippen LogP contribution in [0.5, 0.6) is 0 Å². The van der Waals surface area contributed by atoms with Crippen molar-refractivity contribution < 1.29 is 0 Å². The second kappa shape index (κ2) is 7.18. The number of imidazole rings is 1. The van der Waals surface area contributed by atoms with Crippen molar-refractivity contribution in [1.29, 1.82) is 0 Å². The maximum absolute atomic E-state index is 4.58.